The van der Waals surface area contributed by atoms with Crippen LogP contribution in [0.5, 0.6) is 5.75 Å². The second-order valence-corrected chi connectivity index (χ2v) is 16.1. The van der Waals surface area contributed by atoms with Gasteiger partial charge in [0.15, 0.2) is 5.69 Å². The number of aryl methyl sites for hydroxylation is 1. The number of hydrogen-bond acceptors (Lipinski definition) is 11. The van der Waals surface area contributed by atoms with Gasteiger partial charge in [-0.25, -0.2) is 4.90 Å². The van der Waals surface area contributed by atoms with E-state index in [2.05, 4.69) is 5.43 Å². The molecule has 9 rings (SSSR count). The molecule has 2 saturated heterocycles. The number of allylic oxidation sites excluding steroid dienone is 2. The third-order valence-corrected chi connectivity index (χ3v) is 12.8. The van der Waals surface area contributed by atoms with Crippen molar-refractivity contribution < 1.29 is 34.1 Å². The first-order valence-corrected chi connectivity index (χ1v) is 19.4. The van der Waals surface area contributed by atoms with Crippen LogP contribution in [0.3, 0.4) is 0 Å². The fourth-order valence-electron chi connectivity index (χ4n) is 10.4. The monoisotopic (exact) mass is 806 g/mol. The number of fused-ring (bicyclic) bond motifs is 5. The van der Waals surface area contributed by atoms with Crippen LogP contribution in [-0.4, -0.2) is 57.7 Å². The van der Waals surface area contributed by atoms with Crippen molar-refractivity contribution in [2.75, 3.05) is 29.3 Å². The van der Waals surface area contributed by atoms with Gasteiger partial charge in [0, 0.05) is 37.7 Å². The van der Waals surface area contributed by atoms with Crippen LogP contribution >= 0.6 is 0 Å². The number of nitro benzene ring substituents is 2. The van der Waals surface area contributed by atoms with Gasteiger partial charge in [-0.15, -0.1) is 0 Å². The van der Waals surface area contributed by atoms with Crippen LogP contribution in [0.1, 0.15) is 35.4 Å². The van der Waals surface area contributed by atoms with Crippen LogP contribution in [0.2, 0.25) is 0 Å². The van der Waals surface area contributed by atoms with Crippen LogP contribution < -0.4 is 15.2 Å². The molecule has 5 aromatic carbocycles. The molecule has 2 heterocycles. The van der Waals surface area contributed by atoms with E-state index in [1.807, 2.05) is 49.4 Å². The zero-order valence-corrected chi connectivity index (χ0v) is 32.6. The molecule has 6 atom stereocenters. The van der Waals surface area contributed by atoms with Crippen molar-refractivity contribution in [2.45, 2.75) is 31.1 Å². The summed E-state index contributed by atoms with van der Waals surface area (Å²) in [4.78, 5) is 85.0. The standard InChI is InChI=1S/C45H38N6O9/c1-24-13-16-27(17-14-24)46-49-42(54)33-23-32-30(39(45(33,44(49)56)26-10-5-4-6-11-26)38-29-12-8-7-9-25(29)15-20-36(38)52)18-19-31-37(32)43(55)48(41(31)53)28-21-34(50(57)58)40(47(2)3)35(22-28)51(59)60/h4-18,20-22,31-33,37,39,46,52H,19,23H2,1-3H3. The van der Waals surface area contributed by atoms with Crippen LogP contribution in [0.15, 0.2) is 115 Å². The van der Waals surface area contributed by atoms with Crippen molar-refractivity contribution in [3.8, 4) is 5.75 Å². The van der Waals surface area contributed by atoms with Crippen molar-refractivity contribution in [1.82, 2.24) is 5.01 Å². The van der Waals surface area contributed by atoms with Gasteiger partial charge in [-0.3, -0.25) is 44.8 Å². The van der Waals surface area contributed by atoms with Crippen LogP contribution in [0, 0.1) is 50.8 Å². The summed E-state index contributed by atoms with van der Waals surface area (Å²) in [5, 5.41) is 39.0. The van der Waals surface area contributed by atoms with Gasteiger partial charge in [-0.05, 0) is 60.2 Å². The van der Waals surface area contributed by atoms with Crippen molar-refractivity contribution in [2.24, 2.45) is 23.7 Å². The zero-order chi connectivity index (χ0) is 42.4. The molecule has 0 radical (unpaired) electrons. The molecule has 60 heavy (non-hydrogen) atoms. The van der Waals surface area contributed by atoms with Gasteiger partial charge in [-0.2, -0.15) is 5.01 Å². The third-order valence-electron chi connectivity index (χ3n) is 12.8. The molecule has 302 valence electrons. The Labute approximate surface area is 342 Å². The lowest BCUT2D eigenvalue weighted by Gasteiger charge is -2.51. The lowest BCUT2D eigenvalue weighted by atomic mass is 9.48. The van der Waals surface area contributed by atoms with E-state index in [1.165, 1.54) is 19.0 Å². The van der Waals surface area contributed by atoms with Gasteiger partial charge in [-0.1, -0.05) is 90.0 Å². The van der Waals surface area contributed by atoms with E-state index in [9.17, 15) is 34.9 Å². The van der Waals surface area contributed by atoms with Gasteiger partial charge < -0.3 is 10.0 Å². The first kappa shape index (κ1) is 38.1. The first-order chi connectivity index (χ1) is 28.7. The molecule has 4 aliphatic rings. The summed E-state index contributed by atoms with van der Waals surface area (Å²) in [5.41, 5.74) is 2.42. The molecule has 0 spiro atoms. The van der Waals surface area contributed by atoms with E-state index in [0.717, 1.165) is 33.0 Å². The fourth-order valence-corrected chi connectivity index (χ4v) is 10.4. The molecule has 4 amide bonds. The Kier molecular flexibility index (Phi) is 8.80. The highest BCUT2D eigenvalue weighted by molar-refractivity contribution is 6.23. The molecule has 5 aromatic rings. The number of nitrogens with one attached hydrogen (secondary N) is 1. The minimum atomic E-state index is -1.65. The summed E-state index contributed by atoms with van der Waals surface area (Å²) in [6.07, 6.45) is 1.80. The maximum atomic E-state index is 15.6. The zero-order valence-electron chi connectivity index (χ0n) is 32.6. The number of nitrogens with zero attached hydrogens (tertiary/aromatic N) is 5. The molecule has 15 nitrogen and oxygen atoms in total. The number of carbonyl (C=O) groups is 4. The normalized spacial score (nSPS) is 24.5. The first-order valence-electron chi connectivity index (χ1n) is 19.4. The minimum Gasteiger partial charge on any atom is -0.508 e. The molecule has 2 aliphatic carbocycles. The van der Waals surface area contributed by atoms with Crippen molar-refractivity contribution in [3.63, 3.8) is 0 Å². The minimum absolute atomic E-state index is 0.0164. The quantitative estimate of drug-likeness (QED) is 0.0714. The van der Waals surface area contributed by atoms with Gasteiger partial charge in [0.2, 0.25) is 11.8 Å². The van der Waals surface area contributed by atoms with Gasteiger partial charge in [0.25, 0.3) is 11.8 Å². The largest absolute Gasteiger partial charge is 0.508 e. The molecule has 3 fully saturated rings. The Morgan fingerprint density at radius 3 is 2.10 bits per heavy atom. The number of benzene rings is 5. The molecule has 2 N–H and O–H groups in total. The number of phenolic OH excluding ortho intramolecular Hbond substituents is 1. The number of anilines is 3. The van der Waals surface area contributed by atoms with E-state index in [-0.39, 0.29) is 30.0 Å². The predicted molar refractivity (Wildman–Crippen MR) is 221 cm³/mol. The highest BCUT2D eigenvalue weighted by atomic mass is 16.6. The van der Waals surface area contributed by atoms with Gasteiger partial charge >= 0.3 is 11.4 Å². The lowest BCUT2D eigenvalue weighted by molar-refractivity contribution is -0.392. The maximum Gasteiger partial charge on any atom is 0.301 e. The number of nitro groups is 2. The van der Waals surface area contributed by atoms with Gasteiger partial charge in [0.05, 0.1) is 44.4 Å². The summed E-state index contributed by atoms with van der Waals surface area (Å²) >= 11 is 0. The fraction of sp³-hybridized carbons (Fsp3) is 0.244. The molecule has 0 aromatic heterocycles. The second-order valence-electron chi connectivity index (χ2n) is 16.1. The smallest absolute Gasteiger partial charge is 0.301 e. The highest BCUT2D eigenvalue weighted by Crippen LogP contribution is 2.65. The number of hydrazine groups is 1. The Bertz CT molecular complexity index is 2700. The predicted octanol–water partition coefficient (Wildman–Crippen LogP) is 6.93. The number of amides is 4. The summed E-state index contributed by atoms with van der Waals surface area (Å²) in [7, 11) is 2.83. The average molecular weight is 807 g/mol. The van der Waals surface area contributed by atoms with Crippen LogP contribution in [0.25, 0.3) is 10.8 Å². The average Bonchev–Trinajstić information content (AvgIpc) is 3.62. The van der Waals surface area contributed by atoms with Crippen LogP contribution in [-0.2, 0) is 24.6 Å². The molecule has 6 unspecified atom stereocenters. The number of rotatable bonds is 8. The maximum absolute atomic E-state index is 15.6. The summed E-state index contributed by atoms with van der Waals surface area (Å²) in [6.45, 7) is 1.91. The number of imide groups is 2. The van der Waals surface area contributed by atoms with Crippen molar-refractivity contribution >= 4 is 62.8 Å². The number of aromatic hydroxyl groups is 1. The summed E-state index contributed by atoms with van der Waals surface area (Å²) < 4.78 is 0. The molecule has 1 saturated carbocycles. The molecular weight excluding hydrogens is 769 g/mol. The van der Waals surface area contributed by atoms with E-state index in [1.54, 1.807) is 54.6 Å². The second kappa shape index (κ2) is 13.9. The van der Waals surface area contributed by atoms with E-state index < -0.39 is 79.9 Å². The highest BCUT2D eigenvalue weighted by Gasteiger charge is 2.71. The van der Waals surface area contributed by atoms with Crippen molar-refractivity contribution in [3.05, 3.63) is 152 Å². The lowest BCUT2D eigenvalue weighted by Crippen LogP contribution is -2.53. The number of phenols is 1. The van der Waals surface area contributed by atoms with E-state index in [4.69, 9.17) is 0 Å². The van der Waals surface area contributed by atoms with Gasteiger partial charge in [0.1, 0.15) is 5.75 Å². The number of hydrogen-bond donors (Lipinski definition) is 2. The topological polar surface area (TPSA) is 197 Å². The Balaban J connectivity index is 1.25. The van der Waals surface area contributed by atoms with Crippen LogP contribution in [0.4, 0.5) is 28.4 Å². The Hall–Kier alpha value is -7.42. The SMILES string of the molecule is Cc1ccc(NN2C(=O)C3CC4C(=CCC5C(=O)N(c6cc([N+](=O)[O-])c(N(C)C)c([N+](=O)[O-])c6)C(=O)C54)C(c4c(O)ccc5ccccc45)C3(c3ccccc3)C2=O)cc1. The Morgan fingerprint density at radius 1 is 0.800 bits per heavy atom. The molecular formula is C45H38N6O9. The molecule has 15 heteroatoms. The Morgan fingerprint density at radius 2 is 1.45 bits per heavy atom. The van der Waals surface area contributed by atoms with E-state index >= 15 is 9.59 Å². The molecule has 0 bridgehead atoms. The molecule has 2 aliphatic heterocycles. The van der Waals surface area contributed by atoms with Crippen molar-refractivity contribution in [1.29, 1.82) is 0 Å². The summed E-state index contributed by atoms with van der Waals surface area (Å²) in [5.74, 6) is -7.76. The summed E-state index contributed by atoms with van der Waals surface area (Å²) in [6, 6.07) is 28.8. The number of carbonyl (C=O) groups excluding carboxylic acids is 4. The van der Waals surface area contributed by atoms with E-state index in [0.29, 0.717) is 27.8 Å². The third kappa shape index (κ3) is 5.41.